The fourth-order valence-electron chi connectivity index (χ4n) is 3.64. The highest BCUT2D eigenvalue weighted by Crippen LogP contribution is 2.37. The van der Waals surface area contributed by atoms with Gasteiger partial charge in [0.15, 0.2) is 5.96 Å². The number of morpholine rings is 1. The summed E-state index contributed by atoms with van der Waals surface area (Å²) in [7, 11) is 0. The molecule has 3 rings (SSSR count). The molecule has 1 saturated heterocycles. The van der Waals surface area contributed by atoms with Crippen molar-refractivity contribution in [3.63, 3.8) is 0 Å². The topological polar surface area (TPSA) is 62.9 Å². The van der Waals surface area contributed by atoms with E-state index < -0.39 is 0 Å². The SMILES string of the molecule is I.NC(=NCC1(CN2CCOCC2)CCCCC1)NC1CC1. The maximum absolute atomic E-state index is 6.03. The van der Waals surface area contributed by atoms with Crippen LogP contribution in [0.2, 0.25) is 0 Å². The maximum Gasteiger partial charge on any atom is 0.188 e. The van der Waals surface area contributed by atoms with Crippen LogP contribution in [0.4, 0.5) is 0 Å². The molecule has 0 amide bonds. The van der Waals surface area contributed by atoms with Gasteiger partial charge in [0.2, 0.25) is 0 Å². The third-order valence-electron chi connectivity index (χ3n) is 5.09. The summed E-state index contributed by atoms with van der Waals surface area (Å²) in [6, 6.07) is 0.593. The Balaban J connectivity index is 0.00000176. The fraction of sp³-hybridized carbons (Fsp3) is 0.938. The van der Waals surface area contributed by atoms with Crippen LogP contribution in [0.3, 0.4) is 0 Å². The summed E-state index contributed by atoms with van der Waals surface area (Å²) in [5, 5.41) is 3.31. The summed E-state index contributed by atoms with van der Waals surface area (Å²) in [5.74, 6) is 0.657. The van der Waals surface area contributed by atoms with E-state index in [1.807, 2.05) is 0 Å². The van der Waals surface area contributed by atoms with Crippen molar-refractivity contribution in [2.45, 2.75) is 51.0 Å². The second-order valence-electron chi connectivity index (χ2n) is 7.07. The summed E-state index contributed by atoms with van der Waals surface area (Å²) < 4.78 is 5.47. The third kappa shape index (κ3) is 5.53. The molecule has 22 heavy (non-hydrogen) atoms. The highest BCUT2D eigenvalue weighted by atomic mass is 127. The number of nitrogens with two attached hydrogens (primary N) is 1. The molecule has 1 aliphatic heterocycles. The molecule has 3 aliphatic rings. The number of guanidine groups is 1. The van der Waals surface area contributed by atoms with E-state index in [4.69, 9.17) is 15.5 Å². The van der Waals surface area contributed by atoms with Crippen molar-refractivity contribution in [3.8, 4) is 0 Å². The highest BCUT2D eigenvalue weighted by molar-refractivity contribution is 14.0. The van der Waals surface area contributed by atoms with E-state index in [0.29, 0.717) is 17.4 Å². The first-order valence-electron chi connectivity index (χ1n) is 8.62. The van der Waals surface area contributed by atoms with Gasteiger partial charge in [0.1, 0.15) is 0 Å². The van der Waals surface area contributed by atoms with Gasteiger partial charge in [0.25, 0.3) is 0 Å². The molecule has 5 nitrogen and oxygen atoms in total. The van der Waals surface area contributed by atoms with Crippen molar-refractivity contribution in [1.29, 1.82) is 0 Å². The van der Waals surface area contributed by atoms with Gasteiger partial charge in [-0.2, -0.15) is 0 Å². The van der Waals surface area contributed by atoms with Gasteiger partial charge in [-0.25, -0.2) is 0 Å². The average molecular weight is 422 g/mol. The van der Waals surface area contributed by atoms with Gasteiger partial charge >= 0.3 is 0 Å². The predicted octanol–water partition coefficient (Wildman–Crippen LogP) is 1.95. The van der Waals surface area contributed by atoms with Crippen LogP contribution in [-0.2, 0) is 4.74 Å². The lowest BCUT2D eigenvalue weighted by atomic mass is 9.73. The summed E-state index contributed by atoms with van der Waals surface area (Å²) in [5.41, 5.74) is 6.37. The Morgan fingerprint density at radius 2 is 1.86 bits per heavy atom. The molecular formula is C16H31IN4O. The van der Waals surface area contributed by atoms with Gasteiger partial charge in [0.05, 0.1) is 13.2 Å². The van der Waals surface area contributed by atoms with Gasteiger partial charge in [-0.05, 0) is 25.7 Å². The minimum atomic E-state index is 0. The van der Waals surface area contributed by atoms with Gasteiger partial charge in [-0.15, -0.1) is 24.0 Å². The van der Waals surface area contributed by atoms with Crippen LogP contribution < -0.4 is 11.1 Å². The summed E-state index contributed by atoms with van der Waals surface area (Å²) in [6.45, 7) is 5.95. The van der Waals surface area contributed by atoms with Gasteiger partial charge in [-0.3, -0.25) is 9.89 Å². The van der Waals surface area contributed by atoms with Crippen molar-refractivity contribution in [2.24, 2.45) is 16.1 Å². The Morgan fingerprint density at radius 3 is 2.50 bits per heavy atom. The lowest BCUT2D eigenvalue weighted by Gasteiger charge is -2.41. The van der Waals surface area contributed by atoms with E-state index in [9.17, 15) is 0 Å². The Bertz CT molecular complexity index is 361. The van der Waals surface area contributed by atoms with Crippen LogP contribution in [0.25, 0.3) is 0 Å². The minimum Gasteiger partial charge on any atom is -0.379 e. The molecule has 0 bridgehead atoms. The average Bonchev–Trinajstić information content (AvgIpc) is 3.31. The lowest BCUT2D eigenvalue weighted by Crippen LogP contribution is -2.46. The standard InChI is InChI=1S/C16H30N4O.HI/c17-15(19-14-4-5-14)18-12-16(6-2-1-3-7-16)13-20-8-10-21-11-9-20;/h14H,1-13H2,(H3,17,18,19);1H. The first-order valence-corrected chi connectivity index (χ1v) is 8.62. The van der Waals surface area contributed by atoms with Crippen LogP contribution in [0.1, 0.15) is 44.9 Å². The van der Waals surface area contributed by atoms with Crippen LogP contribution >= 0.6 is 24.0 Å². The smallest absolute Gasteiger partial charge is 0.188 e. The summed E-state index contributed by atoms with van der Waals surface area (Å²) in [6.07, 6.45) is 9.15. The number of rotatable bonds is 5. The van der Waals surface area contributed by atoms with Crippen molar-refractivity contribution < 1.29 is 4.74 Å². The number of nitrogens with zero attached hydrogens (tertiary/aromatic N) is 2. The molecule has 0 radical (unpaired) electrons. The molecule has 0 aromatic carbocycles. The third-order valence-corrected chi connectivity index (χ3v) is 5.09. The van der Waals surface area contributed by atoms with Crippen LogP contribution in [0.5, 0.6) is 0 Å². The normalized spacial score (nSPS) is 26.3. The number of hydrogen-bond donors (Lipinski definition) is 2. The van der Waals surface area contributed by atoms with Gasteiger partial charge in [0, 0.05) is 37.6 Å². The second-order valence-corrected chi connectivity index (χ2v) is 7.07. The van der Waals surface area contributed by atoms with E-state index in [1.54, 1.807) is 0 Å². The Hall–Kier alpha value is -0.0800. The Labute approximate surface area is 151 Å². The molecule has 0 atom stereocenters. The Morgan fingerprint density at radius 1 is 1.18 bits per heavy atom. The zero-order valence-electron chi connectivity index (χ0n) is 13.6. The van der Waals surface area contributed by atoms with Crippen LogP contribution in [0.15, 0.2) is 4.99 Å². The van der Waals surface area contributed by atoms with Gasteiger partial charge in [-0.1, -0.05) is 19.3 Å². The monoisotopic (exact) mass is 422 g/mol. The lowest BCUT2D eigenvalue weighted by molar-refractivity contribution is 0.00938. The molecule has 6 heteroatoms. The second kappa shape index (κ2) is 8.68. The molecule has 0 spiro atoms. The Kier molecular flexibility index (Phi) is 7.21. The minimum absolute atomic E-state index is 0. The first kappa shape index (κ1) is 18.3. The molecule has 0 unspecified atom stereocenters. The number of nitrogens with one attached hydrogen (secondary N) is 1. The van der Waals surface area contributed by atoms with Crippen molar-refractivity contribution in [2.75, 3.05) is 39.4 Å². The predicted molar refractivity (Wildman–Crippen MR) is 101 cm³/mol. The molecule has 3 fully saturated rings. The van der Waals surface area contributed by atoms with E-state index in [2.05, 4.69) is 10.2 Å². The van der Waals surface area contributed by atoms with Crippen molar-refractivity contribution >= 4 is 29.9 Å². The summed E-state index contributed by atoms with van der Waals surface area (Å²) >= 11 is 0. The largest absolute Gasteiger partial charge is 0.379 e. The van der Waals surface area contributed by atoms with Crippen LogP contribution in [-0.4, -0.2) is 56.3 Å². The molecule has 1 heterocycles. The molecule has 2 saturated carbocycles. The number of hydrogen-bond acceptors (Lipinski definition) is 3. The number of halogens is 1. The molecular weight excluding hydrogens is 391 g/mol. The zero-order chi connectivity index (χ0) is 14.5. The first-order chi connectivity index (χ1) is 10.3. The van der Waals surface area contributed by atoms with E-state index in [1.165, 1.54) is 44.9 Å². The maximum atomic E-state index is 6.03. The quantitative estimate of drug-likeness (QED) is 0.404. The summed E-state index contributed by atoms with van der Waals surface area (Å²) in [4.78, 5) is 7.26. The number of ether oxygens (including phenoxy) is 1. The molecule has 0 aromatic heterocycles. The number of aliphatic imine (C=N–C) groups is 1. The zero-order valence-corrected chi connectivity index (χ0v) is 15.9. The van der Waals surface area contributed by atoms with E-state index in [0.717, 1.165) is 39.4 Å². The van der Waals surface area contributed by atoms with Gasteiger partial charge < -0.3 is 15.8 Å². The molecule has 128 valence electrons. The highest BCUT2D eigenvalue weighted by Gasteiger charge is 2.34. The van der Waals surface area contributed by atoms with Crippen molar-refractivity contribution in [1.82, 2.24) is 10.2 Å². The van der Waals surface area contributed by atoms with E-state index >= 15 is 0 Å². The molecule has 0 aromatic rings. The molecule has 2 aliphatic carbocycles. The fourth-order valence-corrected chi connectivity index (χ4v) is 3.64. The molecule has 3 N–H and O–H groups in total. The van der Waals surface area contributed by atoms with Crippen LogP contribution in [0, 0.1) is 5.41 Å². The van der Waals surface area contributed by atoms with E-state index in [-0.39, 0.29) is 24.0 Å². The van der Waals surface area contributed by atoms with Crippen molar-refractivity contribution in [3.05, 3.63) is 0 Å².